The minimum absolute atomic E-state index is 0.0621. The van der Waals surface area contributed by atoms with Gasteiger partial charge in [-0.2, -0.15) is 0 Å². The smallest absolute Gasteiger partial charge is 0.197 e. The van der Waals surface area contributed by atoms with Crippen LogP contribution < -0.4 is 5.32 Å². The molecule has 1 saturated carbocycles. The molecule has 0 amide bonds. The van der Waals surface area contributed by atoms with E-state index in [-0.39, 0.29) is 5.56 Å². The lowest BCUT2D eigenvalue weighted by Crippen LogP contribution is -2.16. The van der Waals surface area contributed by atoms with E-state index in [4.69, 9.17) is 0 Å². The summed E-state index contributed by atoms with van der Waals surface area (Å²) in [5.74, 6) is -0.489. The van der Waals surface area contributed by atoms with Gasteiger partial charge >= 0.3 is 0 Å². The van der Waals surface area contributed by atoms with Crippen LogP contribution in [0.2, 0.25) is 0 Å². The minimum atomic E-state index is -0.588. The lowest BCUT2D eigenvalue weighted by Gasteiger charge is -2.15. The maximum absolute atomic E-state index is 14.5. The number of imidazole rings is 1. The summed E-state index contributed by atoms with van der Waals surface area (Å²) in [7, 11) is 0. The number of fused-ring (bicyclic) bond motifs is 3. The Kier molecular flexibility index (Phi) is 3.67. The first-order valence-corrected chi connectivity index (χ1v) is 9.65. The number of benzene rings is 2. The Bertz CT molecular complexity index is 1090. The number of thiazole rings is 1. The lowest BCUT2D eigenvalue weighted by atomic mass is 10.1. The van der Waals surface area contributed by atoms with E-state index in [2.05, 4.69) is 10.3 Å². The van der Waals surface area contributed by atoms with Gasteiger partial charge < -0.3 is 5.32 Å². The van der Waals surface area contributed by atoms with Crippen LogP contribution in [0, 0.1) is 11.6 Å². The molecule has 5 rings (SSSR count). The van der Waals surface area contributed by atoms with E-state index in [0.29, 0.717) is 17.6 Å². The van der Waals surface area contributed by atoms with Crippen LogP contribution in [0.25, 0.3) is 26.4 Å². The Balaban J connectivity index is 1.79. The van der Waals surface area contributed by atoms with Gasteiger partial charge in [-0.15, -0.1) is 0 Å². The van der Waals surface area contributed by atoms with Crippen LogP contribution in [0.1, 0.15) is 25.7 Å². The fourth-order valence-corrected chi connectivity index (χ4v) is 4.84. The summed E-state index contributed by atoms with van der Waals surface area (Å²) < 4.78 is 32.0. The van der Waals surface area contributed by atoms with Crippen molar-refractivity contribution in [2.24, 2.45) is 0 Å². The Morgan fingerprint density at radius 3 is 2.50 bits per heavy atom. The van der Waals surface area contributed by atoms with Crippen LogP contribution >= 0.6 is 11.3 Å². The number of anilines is 1. The van der Waals surface area contributed by atoms with Crippen molar-refractivity contribution in [1.82, 2.24) is 9.38 Å². The molecule has 26 heavy (non-hydrogen) atoms. The van der Waals surface area contributed by atoms with Gasteiger partial charge in [0.1, 0.15) is 23.1 Å². The summed E-state index contributed by atoms with van der Waals surface area (Å²) in [6.07, 6.45) is 4.48. The molecule has 0 unspecified atom stereocenters. The number of para-hydroxylation sites is 1. The molecule has 2 aromatic carbocycles. The summed E-state index contributed by atoms with van der Waals surface area (Å²) in [5, 5.41) is 3.54. The van der Waals surface area contributed by atoms with Crippen LogP contribution in [0.4, 0.5) is 14.6 Å². The second kappa shape index (κ2) is 6.06. The zero-order valence-corrected chi connectivity index (χ0v) is 14.8. The molecule has 4 aromatic rings. The van der Waals surface area contributed by atoms with Crippen molar-refractivity contribution in [3.8, 4) is 11.3 Å². The van der Waals surface area contributed by atoms with Gasteiger partial charge in [-0.3, -0.25) is 4.40 Å². The Hall–Kier alpha value is -2.47. The highest BCUT2D eigenvalue weighted by atomic mass is 32.1. The van der Waals surface area contributed by atoms with Gasteiger partial charge in [0, 0.05) is 6.04 Å². The molecule has 2 aromatic heterocycles. The van der Waals surface area contributed by atoms with Crippen molar-refractivity contribution < 1.29 is 8.78 Å². The molecule has 2 heterocycles. The fraction of sp³-hybridized carbons (Fsp3) is 0.250. The number of aromatic nitrogens is 2. The van der Waals surface area contributed by atoms with Crippen molar-refractivity contribution in [2.45, 2.75) is 31.7 Å². The molecule has 1 N–H and O–H groups in total. The van der Waals surface area contributed by atoms with E-state index in [1.807, 2.05) is 28.7 Å². The maximum atomic E-state index is 14.5. The molecule has 0 spiro atoms. The number of rotatable bonds is 3. The van der Waals surface area contributed by atoms with Crippen LogP contribution in [-0.2, 0) is 0 Å². The number of nitrogens with one attached hydrogen (secondary N) is 1. The fourth-order valence-electron chi connectivity index (χ4n) is 3.81. The normalized spacial score (nSPS) is 15.3. The molecule has 0 bridgehead atoms. The van der Waals surface area contributed by atoms with E-state index in [0.717, 1.165) is 28.0 Å². The van der Waals surface area contributed by atoms with Crippen molar-refractivity contribution >= 4 is 32.3 Å². The molecular formula is C20H17F2N3S. The Morgan fingerprint density at radius 1 is 1.00 bits per heavy atom. The van der Waals surface area contributed by atoms with Gasteiger partial charge in [-0.05, 0) is 37.1 Å². The van der Waals surface area contributed by atoms with E-state index >= 15 is 0 Å². The highest BCUT2D eigenvalue weighted by Crippen LogP contribution is 2.39. The van der Waals surface area contributed by atoms with Crippen molar-refractivity contribution in [2.75, 3.05) is 5.32 Å². The van der Waals surface area contributed by atoms with Crippen molar-refractivity contribution in [3.05, 3.63) is 54.1 Å². The lowest BCUT2D eigenvalue weighted by molar-refractivity contribution is 0.589. The maximum Gasteiger partial charge on any atom is 0.197 e. The predicted octanol–water partition coefficient (Wildman–Crippen LogP) is 5.85. The van der Waals surface area contributed by atoms with E-state index in [1.165, 1.54) is 42.4 Å². The third-order valence-corrected chi connectivity index (χ3v) is 6.07. The zero-order chi connectivity index (χ0) is 17.7. The Labute approximate surface area is 153 Å². The van der Waals surface area contributed by atoms with Crippen LogP contribution in [0.3, 0.4) is 0 Å². The average Bonchev–Trinajstić information content (AvgIpc) is 3.32. The van der Waals surface area contributed by atoms with Crippen molar-refractivity contribution in [1.29, 1.82) is 0 Å². The number of nitrogens with zero attached hydrogens (tertiary/aromatic N) is 2. The van der Waals surface area contributed by atoms with Crippen LogP contribution in [0.5, 0.6) is 0 Å². The van der Waals surface area contributed by atoms with Crippen molar-refractivity contribution in [3.63, 3.8) is 0 Å². The molecule has 1 fully saturated rings. The summed E-state index contributed by atoms with van der Waals surface area (Å²) in [6.45, 7) is 0. The second-order valence-electron chi connectivity index (χ2n) is 6.72. The van der Waals surface area contributed by atoms with Gasteiger partial charge in [0.05, 0.1) is 15.8 Å². The van der Waals surface area contributed by atoms with Gasteiger partial charge in [0.2, 0.25) is 0 Å². The van der Waals surface area contributed by atoms with Gasteiger partial charge in [0.15, 0.2) is 4.96 Å². The molecule has 132 valence electrons. The highest BCUT2D eigenvalue weighted by Gasteiger charge is 2.25. The predicted molar refractivity (Wildman–Crippen MR) is 102 cm³/mol. The molecule has 0 aliphatic heterocycles. The summed E-state index contributed by atoms with van der Waals surface area (Å²) in [4.78, 5) is 5.36. The zero-order valence-electron chi connectivity index (χ0n) is 14.0. The quantitative estimate of drug-likeness (QED) is 0.491. The van der Waals surface area contributed by atoms with Crippen LogP contribution in [-0.4, -0.2) is 15.4 Å². The van der Waals surface area contributed by atoms with E-state index < -0.39 is 11.6 Å². The highest BCUT2D eigenvalue weighted by molar-refractivity contribution is 7.23. The third-order valence-electron chi connectivity index (χ3n) is 5.05. The first kappa shape index (κ1) is 15.8. The summed E-state index contributed by atoms with van der Waals surface area (Å²) in [5.41, 5.74) is 1.29. The topological polar surface area (TPSA) is 29.3 Å². The minimum Gasteiger partial charge on any atom is -0.367 e. The average molecular weight is 369 g/mol. The molecule has 6 heteroatoms. The third kappa shape index (κ3) is 2.40. The second-order valence-corrected chi connectivity index (χ2v) is 7.73. The Morgan fingerprint density at radius 2 is 1.73 bits per heavy atom. The number of halogens is 2. The molecule has 1 aliphatic rings. The molecule has 0 saturated heterocycles. The van der Waals surface area contributed by atoms with E-state index in [1.54, 1.807) is 0 Å². The molecular weight excluding hydrogens is 352 g/mol. The first-order chi connectivity index (χ1) is 12.7. The SMILES string of the molecule is Fc1cccc(F)c1-c1nc2sc3ccccc3n2c1NC1CCCC1. The number of hydrogen-bond donors (Lipinski definition) is 1. The standard InChI is InChI=1S/C20H17F2N3S/c21-13-8-5-9-14(22)17(13)18-19(23-12-6-1-2-7-12)25-15-10-3-4-11-16(15)26-20(25)24-18/h3-5,8-12,23H,1-2,6-7H2. The molecule has 3 nitrogen and oxygen atoms in total. The summed E-state index contributed by atoms with van der Waals surface area (Å²) >= 11 is 1.53. The van der Waals surface area contributed by atoms with Gasteiger partial charge in [-0.25, -0.2) is 13.8 Å². The molecule has 0 radical (unpaired) electrons. The largest absolute Gasteiger partial charge is 0.367 e. The van der Waals surface area contributed by atoms with Gasteiger partial charge in [0.25, 0.3) is 0 Å². The number of hydrogen-bond acceptors (Lipinski definition) is 3. The molecule has 0 atom stereocenters. The van der Waals surface area contributed by atoms with Gasteiger partial charge in [-0.1, -0.05) is 42.4 Å². The van der Waals surface area contributed by atoms with E-state index in [9.17, 15) is 8.78 Å². The summed E-state index contributed by atoms with van der Waals surface area (Å²) in [6, 6.07) is 12.3. The van der Waals surface area contributed by atoms with Crippen LogP contribution in [0.15, 0.2) is 42.5 Å². The monoisotopic (exact) mass is 369 g/mol. The first-order valence-electron chi connectivity index (χ1n) is 8.83. The molecule has 1 aliphatic carbocycles.